The molecule has 27 heavy (non-hydrogen) atoms. The summed E-state index contributed by atoms with van der Waals surface area (Å²) in [4.78, 5) is 26.8. The summed E-state index contributed by atoms with van der Waals surface area (Å²) in [5.74, 6) is 0.820. The van der Waals surface area contributed by atoms with Crippen LogP contribution >= 0.6 is 15.9 Å². The lowest BCUT2D eigenvalue weighted by Gasteiger charge is -2.38. The fourth-order valence-electron chi connectivity index (χ4n) is 4.19. The highest BCUT2D eigenvalue weighted by Crippen LogP contribution is 2.25. The second kappa shape index (κ2) is 8.07. The molecule has 3 heterocycles. The monoisotopic (exact) mass is 430 g/mol. The lowest BCUT2D eigenvalue weighted by atomic mass is 10.1. The predicted octanol–water partition coefficient (Wildman–Crippen LogP) is 4.09. The maximum Gasteiger partial charge on any atom is 0.213 e. The van der Waals surface area contributed by atoms with Crippen LogP contribution < -0.4 is 4.90 Å². The van der Waals surface area contributed by atoms with E-state index >= 15 is 0 Å². The molecule has 0 amide bonds. The third-order valence-corrected chi connectivity index (χ3v) is 6.18. The Hall–Kier alpha value is -1.79. The number of hydrogen-bond donors (Lipinski definition) is 0. The Morgan fingerprint density at radius 1 is 1.19 bits per heavy atom. The number of aromatic nitrogens is 2. The summed E-state index contributed by atoms with van der Waals surface area (Å²) < 4.78 is 0.802. The van der Waals surface area contributed by atoms with Gasteiger partial charge in [-0.15, -0.1) is 0 Å². The fourth-order valence-corrected chi connectivity index (χ4v) is 4.52. The molecule has 0 bridgehead atoms. The van der Waals surface area contributed by atoms with Crippen LogP contribution in [0.1, 0.15) is 48.9 Å². The minimum Gasteiger partial charge on any atom is -0.354 e. The van der Waals surface area contributed by atoms with Gasteiger partial charge in [0, 0.05) is 55.6 Å². The Morgan fingerprint density at radius 3 is 2.67 bits per heavy atom. The van der Waals surface area contributed by atoms with E-state index in [4.69, 9.17) is 0 Å². The molecule has 0 spiro atoms. The second-order valence-corrected chi connectivity index (χ2v) is 8.37. The van der Waals surface area contributed by atoms with Crippen molar-refractivity contribution in [2.75, 3.05) is 31.1 Å². The quantitative estimate of drug-likeness (QED) is 0.683. The van der Waals surface area contributed by atoms with Crippen LogP contribution in [-0.2, 0) is 0 Å². The van der Waals surface area contributed by atoms with Crippen molar-refractivity contribution in [1.82, 2.24) is 14.9 Å². The number of anilines is 1. The number of carbonyl (C=O) groups is 1. The first kappa shape index (κ1) is 18.6. The molecule has 1 saturated heterocycles. The number of ketones is 1. The molecule has 1 aliphatic carbocycles. The molecule has 1 saturated carbocycles. The van der Waals surface area contributed by atoms with Gasteiger partial charge in [-0.3, -0.25) is 14.7 Å². The van der Waals surface area contributed by atoms with Gasteiger partial charge in [-0.2, -0.15) is 0 Å². The third-order valence-electron chi connectivity index (χ3n) is 5.74. The summed E-state index contributed by atoms with van der Waals surface area (Å²) in [5, 5.41) is 0. The van der Waals surface area contributed by atoms with Crippen molar-refractivity contribution in [2.24, 2.45) is 0 Å². The Kier molecular flexibility index (Phi) is 5.55. The van der Waals surface area contributed by atoms with Gasteiger partial charge in [-0.25, -0.2) is 4.98 Å². The first-order valence-corrected chi connectivity index (χ1v) is 10.5. The highest BCUT2D eigenvalue weighted by molar-refractivity contribution is 9.10. The molecule has 1 aliphatic heterocycles. The van der Waals surface area contributed by atoms with Crippen molar-refractivity contribution in [3.63, 3.8) is 0 Å². The standard InChI is InChI=1S/C21H25BrN4O.H2/c1-15-18(13-16(22)14-23-15)21(27)19-7-4-8-20(24-19)26-11-9-25(10-12-26)17-5-2-3-6-17;/h4,7-8,13-14,17H,2-3,5-6,9-12H2,1H3;1H. The molecule has 4 rings (SSSR count). The summed E-state index contributed by atoms with van der Waals surface area (Å²) in [5.41, 5.74) is 1.80. The maximum absolute atomic E-state index is 12.9. The molecule has 2 fully saturated rings. The molecule has 0 unspecified atom stereocenters. The second-order valence-electron chi connectivity index (χ2n) is 7.46. The number of pyridine rings is 2. The van der Waals surface area contributed by atoms with Crippen LogP contribution in [0.25, 0.3) is 0 Å². The molecular formula is C21H27BrN4O. The number of rotatable bonds is 4. The molecule has 0 radical (unpaired) electrons. The Morgan fingerprint density at radius 2 is 1.93 bits per heavy atom. The van der Waals surface area contributed by atoms with Gasteiger partial charge in [-0.05, 0) is 53.9 Å². The average Bonchev–Trinajstić information content (AvgIpc) is 3.24. The zero-order chi connectivity index (χ0) is 18.8. The lowest BCUT2D eigenvalue weighted by Crippen LogP contribution is -2.50. The van der Waals surface area contributed by atoms with Crippen LogP contribution in [0, 0.1) is 6.92 Å². The van der Waals surface area contributed by atoms with Crippen molar-refractivity contribution in [3.05, 3.63) is 51.9 Å². The number of nitrogens with zero attached hydrogens (tertiary/aromatic N) is 4. The van der Waals surface area contributed by atoms with Crippen LogP contribution in [0.3, 0.4) is 0 Å². The Bertz CT molecular complexity index is 833. The maximum atomic E-state index is 12.9. The molecule has 0 N–H and O–H groups in total. The number of carbonyl (C=O) groups excluding carboxylic acids is 1. The minimum atomic E-state index is -0.0762. The first-order valence-electron chi connectivity index (χ1n) is 9.75. The molecule has 2 aliphatic rings. The fraction of sp³-hybridized carbons (Fsp3) is 0.476. The molecule has 5 nitrogen and oxygen atoms in total. The molecule has 6 heteroatoms. The van der Waals surface area contributed by atoms with Gasteiger partial charge in [0.05, 0.1) is 0 Å². The van der Waals surface area contributed by atoms with E-state index in [-0.39, 0.29) is 7.21 Å². The zero-order valence-corrected chi connectivity index (χ0v) is 17.3. The third kappa shape index (κ3) is 4.06. The SMILES string of the molecule is Cc1ncc(Br)cc1C(=O)c1cccc(N2CCN(C3CCCC3)CC2)n1.[HH]. The van der Waals surface area contributed by atoms with Gasteiger partial charge in [0.15, 0.2) is 0 Å². The Balaban J connectivity index is 0.00000225. The van der Waals surface area contributed by atoms with Crippen molar-refractivity contribution in [1.29, 1.82) is 0 Å². The van der Waals surface area contributed by atoms with Crippen LogP contribution in [-0.4, -0.2) is 52.9 Å². The van der Waals surface area contributed by atoms with Crippen molar-refractivity contribution < 1.29 is 6.22 Å². The summed E-state index contributed by atoms with van der Waals surface area (Å²) in [7, 11) is 0. The van der Waals surface area contributed by atoms with E-state index in [1.165, 1.54) is 25.7 Å². The smallest absolute Gasteiger partial charge is 0.213 e. The zero-order valence-electron chi connectivity index (χ0n) is 15.7. The van der Waals surface area contributed by atoms with Crippen LogP contribution in [0.15, 0.2) is 34.9 Å². The number of hydrogen-bond acceptors (Lipinski definition) is 5. The summed E-state index contributed by atoms with van der Waals surface area (Å²) in [6, 6.07) is 8.33. The van der Waals surface area contributed by atoms with E-state index in [2.05, 4.69) is 35.7 Å². The molecule has 2 aromatic rings. The van der Waals surface area contributed by atoms with E-state index in [0.717, 1.165) is 48.2 Å². The van der Waals surface area contributed by atoms with Gasteiger partial charge >= 0.3 is 0 Å². The van der Waals surface area contributed by atoms with Crippen LogP contribution in [0.5, 0.6) is 0 Å². The first-order chi connectivity index (χ1) is 13.1. The van der Waals surface area contributed by atoms with Gasteiger partial charge < -0.3 is 4.90 Å². The van der Waals surface area contributed by atoms with Gasteiger partial charge in [0.1, 0.15) is 11.5 Å². The van der Waals surface area contributed by atoms with E-state index in [1.54, 1.807) is 12.3 Å². The number of halogens is 1. The number of piperazine rings is 1. The van der Waals surface area contributed by atoms with Crippen molar-refractivity contribution >= 4 is 27.5 Å². The summed E-state index contributed by atoms with van der Waals surface area (Å²) in [6.45, 7) is 5.96. The summed E-state index contributed by atoms with van der Waals surface area (Å²) in [6.07, 6.45) is 7.16. The normalized spacial score (nSPS) is 18.8. The predicted molar refractivity (Wildman–Crippen MR) is 112 cm³/mol. The topological polar surface area (TPSA) is 49.3 Å². The molecule has 0 atom stereocenters. The van der Waals surface area contributed by atoms with Gasteiger partial charge in [0.2, 0.25) is 5.78 Å². The average molecular weight is 431 g/mol. The highest BCUT2D eigenvalue weighted by atomic mass is 79.9. The van der Waals surface area contributed by atoms with E-state index < -0.39 is 0 Å². The van der Waals surface area contributed by atoms with Gasteiger partial charge in [-0.1, -0.05) is 18.9 Å². The van der Waals surface area contributed by atoms with E-state index in [9.17, 15) is 4.79 Å². The number of aryl methyl sites for hydroxylation is 1. The van der Waals surface area contributed by atoms with Gasteiger partial charge in [0.25, 0.3) is 0 Å². The van der Waals surface area contributed by atoms with Crippen LogP contribution in [0.2, 0.25) is 0 Å². The minimum absolute atomic E-state index is 0. The molecular weight excluding hydrogens is 404 g/mol. The van der Waals surface area contributed by atoms with E-state index in [0.29, 0.717) is 11.3 Å². The van der Waals surface area contributed by atoms with Crippen LogP contribution in [0.4, 0.5) is 5.82 Å². The molecule has 0 aromatic carbocycles. The largest absolute Gasteiger partial charge is 0.354 e. The highest BCUT2D eigenvalue weighted by Gasteiger charge is 2.26. The summed E-state index contributed by atoms with van der Waals surface area (Å²) >= 11 is 3.40. The van der Waals surface area contributed by atoms with Crippen molar-refractivity contribution in [3.8, 4) is 0 Å². The molecule has 144 valence electrons. The Labute approximate surface area is 170 Å². The van der Waals surface area contributed by atoms with E-state index in [1.807, 2.05) is 25.1 Å². The lowest BCUT2D eigenvalue weighted by molar-refractivity contribution is 0.103. The van der Waals surface area contributed by atoms with Crippen molar-refractivity contribution in [2.45, 2.75) is 38.6 Å². The molecule has 2 aromatic heterocycles.